The minimum absolute atomic E-state index is 0.137. The molecule has 84 valence electrons. The van der Waals surface area contributed by atoms with Crippen molar-refractivity contribution in [2.45, 2.75) is 40.2 Å². The Balaban J connectivity index is 2.92. The van der Waals surface area contributed by atoms with Gasteiger partial charge in [0.1, 0.15) is 0 Å². The fourth-order valence-electron chi connectivity index (χ4n) is 1.38. The average Bonchev–Trinajstić information content (AvgIpc) is 2.57. The van der Waals surface area contributed by atoms with Crippen LogP contribution in [0, 0.1) is 6.92 Å². The summed E-state index contributed by atoms with van der Waals surface area (Å²) in [6, 6.07) is 2.26. The molecule has 2 nitrogen and oxygen atoms in total. The van der Waals surface area contributed by atoms with Gasteiger partial charge in [0, 0.05) is 18.0 Å². The number of hydrogen-bond acceptors (Lipinski definition) is 2. The van der Waals surface area contributed by atoms with Crippen molar-refractivity contribution in [2.75, 3.05) is 7.05 Å². The maximum atomic E-state index is 12.0. The summed E-state index contributed by atoms with van der Waals surface area (Å²) in [7, 11) is 1.85. The van der Waals surface area contributed by atoms with Crippen LogP contribution >= 0.6 is 11.3 Å². The smallest absolute Gasteiger partial charge is 0.263 e. The van der Waals surface area contributed by atoms with E-state index in [2.05, 4.69) is 13.8 Å². The van der Waals surface area contributed by atoms with Crippen molar-refractivity contribution in [1.29, 1.82) is 0 Å². The highest BCUT2D eigenvalue weighted by atomic mass is 32.1. The second-order valence-electron chi connectivity index (χ2n) is 4.08. The molecule has 0 atom stereocenters. The molecule has 0 saturated carbocycles. The number of aryl methyl sites for hydroxylation is 2. The molecule has 0 fully saturated rings. The normalized spacial score (nSPS) is 10.8. The van der Waals surface area contributed by atoms with Gasteiger partial charge in [-0.05, 0) is 38.8 Å². The molecular weight excluding hydrogens is 206 g/mol. The minimum Gasteiger partial charge on any atom is -0.339 e. The number of rotatable bonds is 3. The van der Waals surface area contributed by atoms with Gasteiger partial charge in [-0.2, -0.15) is 0 Å². The Morgan fingerprint density at radius 1 is 1.53 bits per heavy atom. The minimum atomic E-state index is 0.137. The summed E-state index contributed by atoms with van der Waals surface area (Å²) in [6.45, 7) is 8.25. The van der Waals surface area contributed by atoms with Crippen LogP contribution < -0.4 is 0 Å². The van der Waals surface area contributed by atoms with Crippen LogP contribution in [0.15, 0.2) is 6.07 Å². The van der Waals surface area contributed by atoms with E-state index >= 15 is 0 Å². The molecular formula is C12H19NOS. The quantitative estimate of drug-likeness (QED) is 0.774. The second kappa shape index (κ2) is 4.79. The van der Waals surface area contributed by atoms with Gasteiger partial charge in [-0.3, -0.25) is 4.79 Å². The van der Waals surface area contributed by atoms with Gasteiger partial charge < -0.3 is 4.90 Å². The van der Waals surface area contributed by atoms with E-state index in [-0.39, 0.29) is 11.9 Å². The van der Waals surface area contributed by atoms with Crippen LogP contribution in [0.5, 0.6) is 0 Å². The molecule has 1 aromatic rings. The van der Waals surface area contributed by atoms with Crippen LogP contribution in [0.1, 0.15) is 40.9 Å². The van der Waals surface area contributed by atoms with E-state index in [1.54, 1.807) is 16.2 Å². The summed E-state index contributed by atoms with van der Waals surface area (Å²) in [4.78, 5) is 16.0. The van der Waals surface area contributed by atoms with Crippen LogP contribution in [0.25, 0.3) is 0 Å². The van der Waals surface area contributed by atoms with Crippen LogP contribution in [0.2, 0.25) is 0 Å². The van der Waals surface area contributed by atoms with E-state index in [9.17, 15) is 4.79 Å². The van der Waals surface area contributed by atoms with Crippen LogP contribution in [0.3, 0.4) is 0 Å². The van der Waals surface area contributed by atoms with Crippen LogP contribution in [-0.4, -0.2) is 23.9 Å². The number of nitrogens with zero attached hydrogens (tertiary/aromatic N) is 1. The largest absolute Gasteiger partial charge is 0.339 e. The number of thiophene rings is 1. The van der Waals surface area contributed by atoms with Crippen molar-refractivity contribution < 1.29 is 4.79 Å². The topological polar surface area (TPSA) is 20.3 Å². The Kier molecular flexibility index (Phi) is 3.91. The average molecular weight is 225 g/mol. The Labute approximate surface area is 95.9 Å². The molecule has 0 aromatic carbocycles. The van der Waals surface area contributed by atoms with Gasteiger partial charge in [-0.1, -0.05) is 6.92 Å². The number of carbonyl (C=O) groups is 1. The predicted octanol–water partition coefficient (Wildman–Crippen LogP) is 3.10. The highest BCUT2D eigenvalue weighted by Gasteiger charge is 2.17. The van der Waals surface area contributed by atoms with Crippen molar-refractivity contribution in [2.24, 2.45) is 0 Å². The van der Waals surface area contributed by atoms with E-state index in [4.69, 9.17) is 0 Å². The third-order valence-electron chi connectivity index (χ3n) is 2.65. The second-order valence-corrected chi connectivity index (χ2v) is 5.22. The van der Waals surface area contributed by atoms with E-state index in [0.717, 1.165) is 11.3 Å². The van der Waals surface area contributed by atoms with Gasteiger partial charge >= 0.3 is 0 Å². The maximum Gasteiger partial charge on any atom is 0.263 e. The Morgan fingerprint density at radius 3 is 2.53 bits per heavy atom. The molecule has 0 spiro atoms. The van der Waals surface area contributed by atoms with Crippen LogP contribution in [0.4, 0.5) is 0 Å². The number of hydrogen-bond donors (Lipinski definition) is 0. The lowest BCUT2D eigenvalue weighted by Crippen LogP contribution is -2.32. The first kappa shape index (κ1) is 12.2. The molecule has 15 heavy (non-hydrogen) atoms. The first-order valence-electron chi connectivity index (χ1n) is 5.33. The maximum absolute atomic E-state index is 12.0. The molecule has 0 aliphatic carbocycles. The van der Waals surface area contributed by atoms with E-state index in [0.29, 0.717) is 0 Å². The van der Waals surface area contributed by atoms with Gasteiger partial charge in [0.2, 0.25) is 0 Å². The molecule has 1 aromatic heterocycles. The molecule has 1 amide bonds. The Hall–Kier alpha value is -0.830. The molecule has 1 rings (SSSR count). The summed E-state index contributed by atoms with van der Waals surface area (Å²) in [6.07, 6.45) is 1.01. The molecule has 0 saturated heterocycles. The van der Waals surface area contributed by atoms with Crippen molar-refractivity contribution in [3.63, 3.8) is 0 Å². The number of amides is 1. The van der Waals surface area contributed by atoms with E-state index in [1.807, 2.05) is 27.0 Å². The van der Waals surface area contributed by atoms with Crippen molar-refractivity contribution >= 4 is 17.2 Å². The van der Waals surface area contributed by atoms with E-state index < -0.39 is 0 Å². The zero-order valence-electron chi connectivity index (χ0n) is 10.1. The highest BCUT2D eigenvalue weighted by Crippen LogP contribution is 2.23. The van der Waals surface area contributed by atoms with Gasteiger partial charge in [0.25, 0.3) is 5.91 Å². The van der Waals surface area contributed by atoms with Crippen LogP contribution in [-0.2, 0) is 6.42 Å². The predicted molar refractivity (Wildman–Crippen MR) is 65.7 cm³/mol. The molecule has 0 aliphatic heterocycles. The molecule has 0 bridgehead atoms. The third kappa shape index (κ3) is 2.59. The highest BCUT2D eigenvalue weighted by molar-refractivity contribution is 7.14. The zero-order chi connectivity index (χ0) is 11.6. The van der Waals surface area contributed by atoms with Gasteiger partial charge in [-0.25, -0.2) is 0 Å². The van der Waals surface area contributed by atoms with Crippen molar-refractivity contribution in [3.8, 4) is 0 Å². The zero-order valence-corrected chi connectivity index (χ0v) is 10.9. The first-order chi connectivity index (χ1) is 6.97. The lowest BCUT2D eigenvalue weighted by molar-refractivity contribution is 0.0760. The summed E-state index contributed by atoms with van der Waals surface area (Å²) in [5.41, 5.74) is 1.24. The van der Waals surface area contributed by atoms with Crippen molar-refractivity contribution in [3.05, 3.63) is 21.4 Å². The van der Waals surface area contributed by atoms with Gasteiger partial charge in [-0.15, -0.1) is 11.3 Å². The van der Waals surface area contributed by atoms with Gasteiger partial charge in [0.15, 0.2) is 0 Å². The fraction of sp³-hybridized carbons (Fsp3) is 0.583. The summed E-state index contributed by atoms with van der Waals surface area (Å²) in [5, 5.41) is 0. The summed E-state index contributed by atoms with van der Waals surface area (Å²) < 4.78 is 0. The summed E-state index contributed by atoms with van der Waals surface area (Å²) in [5.74, 6) is 0.137. The standard InChI is InChI=1S/C12H19NOS/c1-6-10-9(4)7-11(15-10)12(14)13(5)8(2)3/h7-8H,6H2,1-5H3. The first-order valence-corrected chi connectivity index (χ1v) is 6.15. The Bertz CT molecular complexity index is 355. The Morgan fingerprint density at radius 2 is 2.13 bits per heavy atom. The molecule has 0 unspecified atom stereocenters. The SMILES string of the molecule is CCc1sc(C(=O)N(C)C(C)C)cc1C. The van der Waals surface area contributed by atoms with E-state index in [1.165, 1.54) is 10.4 Å². The molecule has 1 heterocycles. The number of carbonyl (C=O) groups excluding carboxylic acids is 1. The lowest BCUT2D eigenvalue weighted by atomic mass is 10.2. The fourth-order valence-corrected chi connectivity index (χ4v) is 2.48. The van der Waals surface area contributed by atoms with Gasteiger partial charge in [0.05, 0.1) is 4.88 Å². The van der Waals surface area contributed by atoms with Crippen molar-refractivity contribution in [1.82, 2.24) is 4.90 Å². The lowest BCUT2D eigenvalue weighted by Gasteiger charge is -2.20. The molecule has 0 N–H and O–H groups in total. The molecule has 0 radical (unpaired) electrons. The summed E-state index contributed by atoms with van der Waals surface area (Å²) >= 11 is 1.62. The third-order valence-corrected chi connectivity index (χ3v) is 4.02. The molecule has 0 aliphatic rings. The molecule has 3 heteroatoms. The monoisotopic (exact) mass is 225 g/mol.